The molecule has 2 fully saturated rings. The van der Waals surface area contributed by atoms with E-state index in [1.807, 2.05) is 0 Å². The zero-order chi connectivity index (χ0) is 12.5. The van der Waals surface area contributed by atoms with Gasteiger partial charge in [-0.25, -0.2) is 0 Å². The quantitative estimate of drug-likeness (QED) is 0.816. The average molecular weight is 298 g/mol. The third-order valence-electron chi connectivity index (χ3n) is 3.75. The molecule has 1 aliphatic carbocycles. The lowest BCUT2D eigenvalue weighted by atomic mass is 10.1. The highest BCUT2D eigenvalue weighted by atomic mass is 35.5. The molecule has 1 atom stereocenters. The van der Waals surface area contributed by atoms with Crippen molar-refractivity contribution >= 4 is 22.6 Å². The van der Waals surface area contributed by atoms with E-state index in [9.17, 15) is 8.42 Å². The van der Waals surface area contributed by atoms with Crippen molar-refractivity contribution in [3.63, 3.8) is 0 Å². The first-order chi connectivity index (χ1) is 8.05. The largest absolute Gasteiger partial charge is 0.329 e. The molecule has 2 aliphatic rings. The molecule has 1 saturated heterocycles. The van der Waals surface area contributed by atoms with E-state index >= 15 is 0 Å². The second kappa shape index (κ2) is 6.52. The third-order valence-corrected chi connectivity index (χ3v) is 5.76. The molecule has 1 aliphatic heterocycles. The van der Waals surface area contributed by atoms with E-state index in [2.05, 4.69) is 0 Å². The number of rotatable bonds is 5. The van der Waals surface area contributed by atoms with E-state index < -0.39 is 10.2 Å². The van der Waals surface area contributed by atoms with Crippen LogP contribution >= 0.6 is 12.4 Å². The van der Waals surface area contributed by atoms with Crippen molar-refractivity contribution in [3.05, 3.63) is 0 Å². The smallest absolute Gasteiger partial charge is 0.282 e. The monoisotopic (exact) mass is 297 g/mol. The van der Waals surface area contributed by atoms with Crippen molar-refractivity contribution < 1.29 is 8.42 Å². The number of nitrogens with zero attached hydrogens (tertiary/aromatic N) is 2. The van der Waals surface area contributed by atoms with Crippen LogP contribution in [0.15, 0.2) is 0 Å². The Balaban J connectivity index is 0.00000162. The summed E-state index contributed by atoms with van der Waals surface area (Å²) in [6.07, 6.45) is 5.26. The minimum Gasteiger partial charge on any atom is -0.329 e. The van der Waals surface area contributed by atoms with Crippen molar-refractivity contribution in [1.82, 2.24) is 8.61 Å². The molecule has 0 aromatic rings. The zero-order valence-electron chi connectivity index (χ0n) is 10.9. The van der Waals surface area contributed by atoms with E-state index in [-0.39, 0.29) is 18.4 Å². The van der Waals surface area contributed by atoms with Gasteiger partial charge in [-0.1, -0.05) is 6.42 Å². The summed E-state index contributed by atoms with van der Waals surface area (Å²) in [5.41, 5.74) is 5.68. The van der Waals surface area contributed by atoms with Gasteiger partial charge in [-0.3, -0.25) is 0 Å². The van der Waals surface area contributed by atoms with Crippen LogP contribution in [-0.2, 0) is 10.2 Å². The fraction of sp³-hybridized carbons (Fsp3) is 1.00. The maximum Gasteiger partial charge on any atom is 0.282 e. The molecule has 5 nitrogen and oxygen atoms in total. The summed E-state index contributed by atoms with van der Waals surface area (Å²) in [6.45, 7) is 1.71. The summed E-state index contributed by atoms with van der Waals surface area (Å²) >= 11 is 0. The summed E-state index contributed by atoms with van der Waals surface area (Å²) < 4.78 is 28.0. The summed E-state index contributed by atoms with van der Waals surface area (Å²) in [5.74, 6) is 0.580. The number of hydrogen-bond donors (Lipinski definition) is 1. The predicted octanol–water partition coefficient (Wildman–Crippen LogP) is 0.808. The molecule has 2 N–H and O–H groups in total. The molecule has 1 unspecified atom stereocenters. The van der Waals surface area contributed by atoms with Gasteiger partial charge in [0.05, 0.1) is 0 Å². The third kappa shape index (κ3) is 3.57. The molecule has 7 heteroatoms. The van der Waals surface area contributed by atoms with Crippen LogP contribution in [0, 0.1) is 5.92 Å². The van der Waals surface area contributed by atoms with Gasteiger partial charge in [-0.15, -0.1) is 12.4 Å². The Morgan fingerprint density at radius 3 is 2.50 bits per heavy atom. The Labute approximate surface area is 116 Å². The Morgan fingerprint density at radius 2 is 1.94 bits per heavy atom. The van der Waals surface area contributed by atoms with Gasteiger partial charge in [-0.2, -0.15) is 17.0 Å². The van der Waals surface area contributed by atoms with Gasteiger partial charge < -0.3 is 5.73 Å². The Bertz CT molecular complexity index is 359. The summed E-state index contributed by atoms with van der Waals surface area (Å²) in [6, 6.07) is -0.00426. The lowest BCUT2D eigenvalue weighted by Crippen LogP contribution is -2.52. The van der Waals surface area contributed by atoms with E-state index in [0.717, 1.165) is 19.3 Å². The summed E-state index contributed by atoms with van der Waals surface area (Å²) in [7, 11) is -1.60. The fourth-order valence-electron chi connectivity index (χ4n) is 2.45. The second-order valence-corrected chi connectivity index (χ2v) is 7.22. The van der Waals surface area contributed by atoms with Crippen LogP contribution in [0.2, 0.25) is 0 Å². The molecule has 1 heterocycles. The SMILES string of the molecule is CN(CC1CC1)S(=O)(=O)N1CCCCC1CN.Cl. The zero-order valence-corrected chi connectivity index (χ0v) is 12.5. The van der Waals surface area contributed by atoms with Gasteiger partial charge in [0.15, 0.2) is 0 Å². The van der Waals surface area contributed by atoms with Crippen LogP contribution in [-0.4, -0.2) is 49.8 Å². The molecule has 0 spiro atoms. The van der Waals surface area contributed by atoms with Gasteiger partial charge in [0.25, 0.3) is 10.2 Å². The van der Waals surface area contributed by atoms with E-state index in [1.54, 1.807) is 11.4 Å². The predicted molar refractivity (Wildman–Crippen MR) is 74.9 cm³/mol. The van der Waals surface area contributed by atoms with Crippen molar-refractivity contribution in [1.29, 1.82) is 0 Å². The first-order valence-corrected chi connectivity index (χ1v) is 7.88. The van der Waals surface area contributed by atoms with Gasteiger partial charge in [0, 0.05) is 32.7 Å². The highest BCUT2D eigenvalue weighted by Crippen LogP contribution is 2.31. The van der Waals surface area contributed by atoms with Crippen LogP contribution in [0.3, 0.4) is 0 Å². The van der Waals surface area contributed by atoms with Crippen molar-refractivity contribution in [2.45, 2.75) is 38.1 Å². The van der Waals surface area contributed by atoms with Gasteiger partial charge >= 0.3 is 0 Å². The Hall–Kier alpha value is 0.120. The molecule has 1 saturated carbocycles. The molecule has 18 heavy (non-hydrogen) atoms. The van der Waals surface area contributed by atoms with Crippen LogP contribution in [0.1, 0.15) is 32.1 Å². The van der Waals surface area contributed by atoms with Crippen LogP contribution in [0.4, 0.5) is 0 Å². The molecule has 0 aromatic heterocycles. The average Bonchev–Trinajstić information content (AvgIpc) is 3.12. The van der Waals surface area contributed by atoms with E-state index in [0.29, 0.717) is 25.6 Å². The molecule has 2 rings (SSSR count). The second-order valence-electron chi connectivity index (χ2n) is 5.23. The molecule has 0 aromatic carbocycles. The highest BCUT2D eigenvalue weighted by Gasteiger charge is 2.36. The first kappa shape index (κ1) is 16.2. The highest BCUT2D eigenvalue weighted by molar-refractivity contribution is 7.86. The standard InChI is InChI=1S/C11H23N3O2S.ClH/c1-13(9-10-5-6-10)17(15,16)14-7-3-2-4-11(14)8-12;/h10-11H,2-9,12H2,1H3;1H. The molecule has 0 radical (unpaired) electrons. The van der Waals surface area contributed by atoms with Crippen LogP contribution in [0.25, 0.3) is 0 Å². The Kier molecular flexibility index (Phi) is 5.86. The first-order valence-electron chi connectivity index (χ1n) is 6.49. The van der Waals surface area contributed by atoms with Gasteiger partial charge in [0.1, 0.15) is 0 Å². The number of halogens is 1. The van der Waals surface area contributed by atoms with Gasteiger partial charge in [-0.05, 0) is 31.6 Å². The molecule has 0 bridgehead atoms. The van der Waals surface area contributed by atoms with Crippen molar-refractivity contribution in [2.75, 3.05) is 26.7 Å². The number of piperidine rings is 1. The molecular formula is C11H24ClN3O2S. The van der Waals surface area contributed by atoms with E-state index in [1.165, 1.54) is 17.1 Å². The number of hydrogen-bond acceptors (Lipinski definition) is 3. The maximum absolute atomic E-state index is 12.4. The lowest BCUT2D eigenvalue weighted by Gasteiger charge is -2.36. The minimum atomic E-state index is -3.29. The molecular weight excluding hydrogens is 274 g/mol. The lowest BCUT2D eigenvalue weighted by molar-refractivity contribution is 0.239. The summed E-state index contributed by atoms with van der Waals surface area (Å²) in [4.78, 5) is 0. The topological polar surface area (TPSA) is 66.6 Å². The maximum atomic E-state index is 12.4. The van der Waals surface area contributed by atoms with Crippen molar-refractivity contribution in [3.8, 4) is 0 Å². The van der Waals surface area contributed by atoms with Crippen LogP contribution in [0.5, 0.6) is 0 Å². The van der Waals surface area contributed by atoms with Crippen LogP contribution < -0.4 is 5.73 Å². The van der Waals surface area contributed by atoms with Gasteiger partial charge in [0.2, 0.25) is 0 Å². The normalized spacial score (nSPS) is 26.1. The van der Waals surface area contributed by atoms with Crippen molar-refractivity contribution in [2.24, 2.45) is 11.7 Å². The van der Waals surface area contributed by atoms with E-state index in [4.69, 9.17) is 5.73 Å². The number of nitrogens with two attached hydrogens (primary N) is 1. The molecule has 108 valence electrons. The minimum absolute atomic E-state index is 0. The molecule has 0 amide bonds. The summed E-state index contributed by atoms with van der Waals surface area (Å²) in [5, 5.41) is 0. The fourth-order valence-corrected chi connectivity index (χ4v) is 4.14. The Morgan fingerprint density at radius 1 is 1.28 bits per heavy atom.